The van der Waals surface area contributed by atoms with Crippen LogP contribution >= 0.6 is 31.9 Å². The topological polar surface area (TPSA) is 277 Å². The normalized spacial score (nSPS) is 17.0. The van der Waals surface area contributed by atoms with Crippen LogP contribution in [0.1, 0.15) is 180 Å². The molecule has 4 aliphatic rings. The maximum absolute atomic E-state index is 13.2. The number of carbonyl (C=O) groups excluding carboxylic acids is 3. The molecule has 12 rings (SSSR count). The molecule has 0 saturated heterocycles. The number of unbranched alkanes of at least 4 members (excludes halogenated alkanes) is 8. The van der Waals surface area contributed by atoms with Crippen molar-refractivity contribution in [2.45, 2.75) is 157 Å². The Morgan fingerprint density at radius 2 is 0.679 bits per heavy atom. The standard InChI is InChI=1S/C22H30N2O2S.C21H25BrN2O4S.C19H23BrN2O3S.C18H22N2O3S.CO2.3CH4/c1-3-4-5-6-7-12-17-23-22-18-13-8-10-15-20(18)24(2)27(25,26)21-16-11-9-14-19(21)22;1-24-19-11-10-16(22)14-18(19)21(23-12-6-2-3-7-13-28-15-25)17-8-4-5-9-20(17)29(24,26)27;1-13-5-7-15-18(11-13)26(23,24)22(2)17-8-6-14(20)12-16(17)19(15)21-9-4-10-25-3;1-20-16-10-5-3-8-14(16)18(19-12-7-13-23-2)15-9-4-6-11-17(15)24(20,21)22;2-1-3;;;/h8-11,13-16,22-23H,3-7,12,17H2,1-2H3;4-5,8-11,14-15,21,23H,2-3,6-7,12-13H2,1H3;5-8,11-12,19,21H,4,9-10H2,1-3H3;3-6,8-11,18-19H,7,12-13H2,1-2H3;;3*1H4. The molecule has 22 nitrogen and oxygen atoms in total. The second-order valence-electron chi connectivity index (χ2n) is 26.5. The fourth-order valence-electron chi connectivity index (χ4n) is 13.8. The van der Waals surface area contributed by atoms with Gasteiger partial charge in [-0.05, 0) is 188 Å². The predicted molar refractivity (Wildman–Crippen MR) is 455 cm³/mol. The van der Waals surface area contributed by atoms with Gasteiger partial charge in [-0.3, -0.25) is 22.0 Å². The van der Waals surface area contributed by atoms with Crippen molar-refractivity contribution in [2.24, 2.45) is 0 Å². The molecule has 4 aliphatic heterocycles. The van der Waals surface area contributed by atoms with Crippen LogP contribution in [0.15, 0.2) is 204 Å². The molecular formula is C84H112Br2N8O14S4. The first-order valence-corrected chi connectivity index (χ1v) is 43.8. The number of fused-ring (bicyclic) bond motifs is 8. The van der Waals surface area contributed by atoms with E-state index in [1.165, 1.54) is 49.3 Å². The minimum absolute atomic E-state index is 0. The zero-order valence-corrected chi connectivity index (χ0v) is 69.4. The van der Waals surface area contributed by atoms with Crippen LogP contribution in [0, 0.1) is 6.92 Å². The molecule has 0 fully saturated rings. The fourth-order valence-corrected chi connectivity index (χ4v) is 20.4. The van der Waals surface area contributed by atoms with Crippen LogP contribution in [-0.2, 0) is 68.7 Å². The lowest BCUT2D eigenvalue weighted by molar-refractivity contribution is -0.191. The minimum Gasteiger partial charge on any atom is -0.468 e. The van der Waals surface area contributed by atoms with E-state index in [0.717, 1.165) is 136 Å². The summed E-state index contributed by atoms with van der Waals surface area (Å²) in [5, 5.41) is 14.2. The lowest BCUT2D eigenvalue weighted by atomic mass is 9.96. The molecule has 4 N–H and O–H groups in total. The van der Waals surface area contributed by atoms with Gasteiger partial charge in [0.2, 0.25) is 0 Å². The first-order chi connectivity index (χ1) is 52.4. The molecule has 0 spiro atoms. The van der Waals surface area contributed by atoms with Crippen molar-refractivity contribution in [3.63, 3.8) is 0 Å². The fraction of sp³-hybridized carbons (Fsp3) is 0.405. The Morgan fingerprint density at radius 3 is 1.05 bits per heavy atom. The molecule has 0 aromatic heterocycles. The van der Waals surface area contributed by atoms with Gasteiger partial charge in [-0.1, -0.05) is 209 Å². The van der Waals surface area contributed by atoms with E-state index in [-0.39, 0.29) is 52.6 Å². The SMILES string of the molecule is C.C.C.CCCCCCCCNC1c2ccccc2N(C)S(=O)(=O)c2ccccc21.CN1c2ccc(Br)cc2C(NCCCCCCOC=O)c2ccccc2S1(=O)=O.COCCCNC1c2cc(Br)ccc2N(C)S(=O)(=O)c2cc(C)ccc21.COCCCNC1c2ccccc2N(C)S(=O)(=O)c2ccccc21.O=C=O. The van der Waals surface area contributed by atoms with Crippen LogP contribution in [0.2, 0.25) is 0 Å². The zero-order chi connectivity index (χ0) is 78.9. The minimum atomic E-state index is -3.63. The summed E-state index contributed by atoms with van der Waals surface area (Å²) in [6.45, 7) is 9.49. The van der Waals surface area contributed by atoms with E-state index in [1.807, 2.05) is 140 Å². The van der Waals surface area contributed by atoms with E-state index in [2.05, 4.69) is 60.1 Å². The van der Waals surface area contributed by atoms with Gasteiger partial charge >= 0.3 is 6.15 Å². The highest BCUT2D eigenvalue weighted by Gasteiger charge is 2.39. The number of aryl methyl sites for hydroxylation is 1. The molecule has 0 saturated carbocycles. The van der Waals surface area contributed by atoms with Crippen molar-refractivity contribution < 1.29 is 62.3 Å². The quantitative estimate of drug-likeness (QED) is 0.0275. The van der Waals surface area contributed by atoms with Crippen molar-refractivity contribution >= 4 is 107 Å². The smallest absolute Gasteiger partial charge is 0.373 e. The lowest BCUT2D eigenvalue weighted by Gasteiger charge is -2.22. The summed E-state index contributed by atoms with van der Waals surface area (Å²) in [5.74, 6) is 0. The highest BCUT2D eigenvalue weighted by atomic mass is 79.9. The van der Waals surface area contributed by atoms with Crippen LogP contribution in [0.25, 0.3) is 0 Å². The second kappa shape index (κ2) is 45.4. The number of anilines is 4. The molecule has 0 bridgehead atoms. The van der Waals surface area contributed by atoms with E-state index in [0.29, 0.717) is 62.9 Å². The van der Waals surface area contributed by atoms with Gasteiger partial charge in [0.1, 0.15) is 0 Å². The van der Waals surface area contributed by atoms with Crippen molar-refractivity contribution in [3.8, 4) is 0 Å². The molecule has 112 heavy (non-hydrogen) atoms. The lowest BCUT2D eigenvalue weighted by Crippen LogP contribution is -2.26. The van der Waals surface area contributed by atoms with E-state index >= 15 is 0 Å². The van der Waals surface area contributed by atoms with Gasteiger partial charge in [0.05, 0.1) is 73.1 Å². The van der Waals surface area contributed by atoms with Crippen molar-refractivity contribution in [3.05, 3.63) is 235 Å². The van der Waals surface area contributed by atoms with E-state index < -0.39 is 40.1 Å². The first kappa shape index (κ1) is 94.9. The first-order valence-electron chi connectivity index (χ1n) is 36.4. The summed E-state index contributed by atoms with van der Waals surface area (Å²) in [4.78, 5) is 27.8. The van der Waals surface area contributed by atoms with Gasteiger partial charge < -0.3 is 35.5 Å². The number of hydrogen-bond donors (Lipinski definition) is 4. The van der Waals surface area contributed by atoms with E-state index in [4.69, 9.17) is 23.8 Å². The predicted octanol–water partition coefficient (Wildman–Crippen LogP) is 16.3. The molecule has 4 heterocycles. The Kier molecular flexibility index (Phi) is 38.5. The molecule has 8 aromatic rings. The summed E-state index contributed by atoms with van der Waals surface area (Å²) >= 11 is 7.04. The number of carbonyl (C=O) groups is 1. The molecule has 0 radical (unpaired) electrons. The Morgan fingerprint density at radius 1 is 0.375 bits per heavy atom. The summed E-state index contributed by atoms with van der Waals surface area (Å²) in [6, 6.07) is 53.5. The monoisotopic (exact) mass is 1740 g/mol. The zero-order valence-electron chi connectivity index (χ0n) is 63.0. The molecule has 4 atom stereocenters. The van der Waals surface area contributed by atoms with Crippen LogP contribution in [0.5, 0.6) is 0 Å². The van der Waals surface area contributed by atoms with Crippen LogP contribution in [0.3, 0.4) is 0 Å². The Hall–Kier alpha value is -7.67. The van der Waals surface area contributed by atoms with Gasteiger partial charge in [0.25, 0.3) is 46.6 Å². The number of sulfonamides is 4. The van der Waals surface area contributed by atoms with Crippen molar-refractivity contribution in [1.82, 2.24) is 21.3 Å². The summed E-state index contributed by atoms with van der Waals surface area (Å²) in [6.07, 6.45) is 13.2. The van der Waals surface area contributed by atoms with Crippen molar-refractivity contribution in [2.75, 3.05) is 106 Å². The van der Waals surface area contributed by atoms with Crippen LogP contribution in [-0.4, -0.2) is 135 Å². The average Bonchev–Trinajstić information content (AvgIpc) is 1.72. The van der Waals surface area contributed by atoms with Gasteiger partial charge in [0, 0.05) is 64.6 Å². The third-order valence-electron chi connectivity index (χ3n) is 19.4. The number of benzene rings is 8. The third-order valence-corrected chi connectivity index (χ3v) is 27.8. The Labute approximate surface area is 683 Å². The number of ether oxygens (including phenoxy) is 3. The van der Waals surface area contributed by atoms with Gasteiger partial charge in [-0.2, -0.15) is 9.59 Å². The largest absolute Gasteiger partial charge is 0.468 e. The van der Waals surface area contributed by atoms with Crippen LogP contribution in [0.4, 0.5) is 22.7 Å². The maximum atomic E-state index is 13.2. The third kappa shape index (κ3) is 23.1. The number of halogens is 2. The number of para-hydroxylation sites is 2. The number of nitrogens with one attached hydrogen (secondary N) is 4. The van der Waals surface area contributed by atoms with Gasteiger partial charge in [0.15, 0.2) is 0 Å². The van der Waals surface area contributed by atoms with Gasteiger partial charge in [-0.15, -0.1) is 0 Å². The van der Waals surface area contributed by atoms with Crippen LogP contribution < -0.4 is 38.5 Å². The molecule has 8 aromatic carbocycles. The average molecular weight is 1750 g/mol. The number of methoxy groups -OCH3 is 2. The highest BCUT2D eigenvalue weighted by Crippen LogP contribution is 2.45. The van der Waals surface area contributed by atoms with E-state index in [1.54, 1.807) is 84.9 Å². The highest BCUT2D eigenvalue weighted by molar-refractivity contribution is 9.10. The molecule has 4 unspecified atom stereocenters. The molecule has 610 valence electrons. The Bertz CT molecular complexity index is 4860. The molecule has 28 heteroatoms. The molecule has 0 amide bonds. The number of rotatable bonds is 27. The summed E-state index contributed by atoms with van der Waals surface area (Å²) < 4.78 is 127. The summed E-state index contributed by atoms with van der Waals surface area (Å²) in [5.41, 5.74) is 10.7. The molecule has 0 aliphatic carbocycles. The van der Waals surface area contributed by atoms with E-state index in [9.17, 15) is 38.5 Å². The molecular weight excluding hydrogens is 1630 g/mol. The number of nitrogens with zero attached hydrogens (tertiary/aromatic N) is 4. The maximum Gasteiger partial charge on any atom is 0.373 e. The van der Waals surface area contributed by atoms with Gasteiger partial charge in [-0.25, -0.2) is 33.7 Å². The van der Waals surface area contributed by atoms with Crippen molar-refractivity contribution in [1.29, 1.82) is 0 Å². The summed E-state index contributed by atoms with van der Waals surface area (Å²) in [7, 11) is -4.56. The second-order valence-corrected chi connectivity index (χ2v) is 36.1. The number of hydrogen-bond acceptors (Lipinski definition) is 18. The Balaban J connectivity index is 0.000000262.